The summed E-state index contributed by atoms with van der Waals surface area (Å²) in [4.78, 5) is 55.4. The van der Waals surface area contributed by atoms with Gasteiger partial charge in [-0.25, -0.2) is 9.69 Å². The van der Waals surface area contributed by atoms with Crippen LogP contribution >= 0.6 is 0 Å². The Morgan fingerprint density at radius 3 is 2.59 bits per heavy atom. The maximum atomic E-state index is 14.7. The quantitative estimate of drug-likeness (QED) is 0.208. The molecule has 3 aromatic rings. The van der Waals surface area contributed by atoms with Gasteiger partial charge in [-0.3, -0.25) is 19.7 Å². The van der Waals surface area contributed by atoms with E-state index >= 15 is 0 Å². The van der Waals surface area contributed by atoms with Gasteiger partial charge in [0, 0.05) is 36.0 Å². The average Bonchev–Trinajstić information content (AvgIpc) is 2.96. The number of hydrogen-bond acceptors (Lipinski definition) is 7. The minimum atomic E-state index is -1.12. The van der Waals surface area contributed by atoms with Gasteiger partial charge in [0.25, 0.3) is 11.6 Å². The maximum absolute atomic E-state index is 14.7. The van der Waals surface area contributed by atoms with Gasteiger partial charge in [0.05, 0.1) is 22.8 Å². The molecule has 1 unspecified atom stereocenters. The van der Waals surface area contributed by atoms with E-state index in [2.05, 4.69) is 4.90 Å². The minimum Gasteiger partial charge on any atom is -0.462 e. The molecule has 198 valence electrons. The highest BCUT2D eigenvalue weighted by molar-refractivity contribution is 6.28. The van der Waals surface area contributed by atoms with Gasteiger partial charge in [0.1, 0.15) is 5.41 Å². The molecule has 2 amide bonds. The van der Waals surface area contributed by atoms with Crippen molar-refractivity contribution < 1.29 is 24.0 Å². The second kappa shape index (κ2) is 9.34. The molecule has 3 aliphatic heterocycles. The fourth-order valence-corrected chi connectivity index (χ4v) is 6.53. The SMILES string of the molecule is CCOC(=O)c1ccc(N2C(=O)c3ccccc3C3(Cc4cc([N+](=O)[O-])ccc4N4CCCC[C@@H]43)C2=O)cc1. The molecule has 1 saturated heterocycles. The van der Waals surface area contributed by atoms with Crippen molar-refractivity contribution in [1.82, 2.24) is 0 Å². The topological polar surface area (TPSA) is 110 Å². The number of esters is 1. The highest BCUT2D eigenvalue weighted by Gasteiger charge is 2.59. The molecule has 2 atom stereocenters. The number of anilines is 2. The first-order valence-corrected chi connectivity index (χ1v) is 13.2. The van der Waals surface area contributed by atoms with Gasteiger partial charge >= 0.3 is 5.97 Å². The summed E-state index contributed by atoms with van der Waals surface area (Å²) in [5.74, 6) is -1.27. The number of benzene rings is 3. The van der Waals surface area contributed by atoms with E-state index in [4.69, 9.17) is 4.74 Å². The summed E-state index contributed by atoms with van der Waals surface area (Å²) in [7, 11) is 0. The van der Waals surface area contributed by atoms with Gasteiger partial charge in [0.2, 0.25) is 5.91 Å². The standard InChI is InChI=1S/C30H27N3O6/c1-2-39-28(35)19-10-12-21(13-11-19)32-27(34)23-7-3-4-8-24(23)30(29(32)36)18-20-17-22(33(37)38)14-15-25(20)31-16-6-5-9-26(30)31/h3-4,7-8,10-15,17,26H,2,5-6,9,16,18H2,1H3/t26-,30?/m1/s1. The third-order valence-corrected chi connectivity index (χ3v) is 8.19. The summed E-state index contributed by atoms with van der Waals surface area (Å²) in [5.41, 5.74) is 2.26. The number of carbonyl (C=O) groups excluding carboxylic acids is 3. The summed E-state index contributed by atoms with van der Waals surface area (Å²) in [5, 5.41) is 11.6. The van der Waals surface area contributed by atoms with Gasteiger partial charge in [-0.1, -0.05) is 18.2 Å². The molecule has 3 aliphatic rings. The van der Waals surface area contributed by atoms with Gasteiger partial charge in [-0.05, 0) is 80.1 Å². The van der Waals surface area contributed by atoms with Crippen molar-refractivity contribution in [3.63, 3.8) is 0 Å². The number of hydrogen-bond donors (Lipinski definition) is 0. The number of nitrogens with zero attached hydrogens (tertiary/aromatic N) is 3. The summed E-state index contributed by atoms with van der Waals surface area (Å²) in [6, 6.07) is 18.1. The van der Waals surface area contributed by atoms with Crippen molar-refractivity contribution in [2.75, 3.05) is 23.0 Å². The van der Waals surface area contributed by atoms with Gasteiger partial charge in [-0.2, -0.15) is 0 Å². The molecule has 0 saturated carbocycles. The van der Waals surface area contributed by atoms with E-state index in [-0.39, 0.29) is 30.7 Å². The second-order valence-electron chi connectivity index (χ2n) is 10.2. The van der Waals surface area contributed by atoms with Crippen LogP contribution in [-0.2, 0) is 21.4 Å². The number of imide groups is 1. The summed E-state index contributed by atoms with van der Waals surface area (Å²) < 4.78 is 5.07. The predicted octanol–water partition coefficient (Wildman–Crippen LogP) is 4.81. The van der Waals surface area contributed by atoms with E-state index < -0.39 is 22.2 Å². The van der Waals surface area contributed by atoms with E-state index in [0.717, 1.165) is 37.1 Å². The molecule has 0 aliphatic carbocycles. The van der Waals surface area contributed by atoms with Crippen molar-refractivity contribution in [3.05, 3.63) is 99.1 Å². The molecule has 0 aromatic heterocycles. The Balaban J connectivity index is 1.53. The molecule has 3 heterocycles. The number of ether oxygens (including phenoxy) is 1. The van der Waals surface area contributed by atoms with Crippen LogP contribution in [0.4, 0.5) is 17.1 Å². The molecule has 0 radical (unpaired) electrons. The Labute approximate surface area is 225 Å². The molecule has 9 nitrogen and oxygen atoms in total. The monoisotopic (exact) mass is 525 g/mol. The highest BCUT2D eigenvalue weighted by Crippen LogP contribution is 2.51. The minimum absolute atomic E-state index is 0.0293. The number of nitro groups is 1. The number of nitro benzene ring substituents is 1. The molecular weight excluding hydrogens is 498 g/mol. The normalized spacial score (nSPS) is 21.7. The van der Waals surface area contributed by atoms with Gasteiger partial charge in [-0.15, -0.1) is 0 Å². The first kappa shape index (κ1) is 24.8. The first-order chi connectivity index (χ1) is 18.9. The fourth-order valence-electron chi connectivity index (χ4n) is 6.53. The van der Waals surface area contributed by atoms with Crippen molar-refractivity contribution >= 4 is 34.8 Å². The first-order valence-electron chi connectivity index (χ1n) is 13.2. The number of rotatable bonds is 4. The number of fused-ring (bicyclic) bond motifs is 6. The summed E-state index contributed by atoms with van der Waals surface area (Å²) >= 11 is 0. The Hall–Kier alpha value is -4.53. The Morgan fingerprint density at radius 1 is 1.08 bits per heavy atom. The summed E-state index contributed by atoms with van der Waals surface area (Å²) in [6.07, 6.45) is 2.87. The molecule has 1 spiro atoms. The predicted molar refractivity (Wildman–Crippen MR) is 144 cm³/mol. The third-order valence-electron chi connectivity index (χ3n) is 8.19. The van der Waals surface area contributed by atoms with Crippen molar-refractivity contribution in [1.29, 1.82) is 0 Å². The average molecular weight is 526 g/mol. The van der Waals surface area contributed by atoms with E-state index in [9.17, 15) is 24.5 Å². The van der Waals surface area contributed by atoms with Gasteiger partial charge < -0.3 is 9.64 Å². The highest BCUT2D eigenvalue weighted by atomic mass is 16.6. The van der Waals surface area contributed by atoms with E-state index in [1.165, 1.54) is 11.0 Å². The van der Waals surface area contributed by atoms with E-state index in [1.807, 2.05) is 12.1 Å². The van der Waals surface area contributed by atoms with Crippen molar-refractivity contribution in [2.24, 2.45) is 0 Å². The Morgan fingerprint density at radius 2 is 1.85 bits per heavy atom. The zero-order chi connectivity index (χ0) is 27.3. The Bertz CT molecular complexity index is 1520. The van der Waals surface area contributed by atoms with Crippen LogP contribution < -0.4 is 9.80 Å². The smallest absolute Gasteiger partial charge is 0.338 e. The van der Waals surface area contributed by atoms with Crippen LogP contribution in [0.2, 0.25) is 0 Å². The lowest BCUT2D eigenvalue weighted by Crippen LogP contribution is -2.67. The maximum Gasteiger partial charge on any atom is 0.338 e. The molecule has 1 fully saturated rings. The molecule has 0 bridgehead atoms. The number of non-ortho nitro benzene ring substituents is 1. The van der Waals surface area contributed by atoms with Crippen LogP contribution in [0, 0.1) is 10.1 Å². The van der Waals surface area contributed by atoms with Crippen LogP contribution in [0.15, 0.2) is 66.7 Å². The zero-order valence-corrected chi connectivity index (χ0v) is 21.5. The lowest BCUT2D eigenvalue weighted by Gasteiger charge is -2.55. The zero-order valence-electron chi connectivity index (χ0n) is 21.5. The largest absolute Gasteiger partial charge is 0.462 e. The molecular formula is C30H27N3O6. The molecule has 9 heteroatoms. The molecule has 6 rings (SSSR count). The van der Waals surface area contributed by atoms with Gasteiger partial charge in [0.15, 0.2) is 0 Å². The number of carbonyl (C=O) groups is 3. The molecule has 3 aromatic carbocycles. The van der Waals surface area contributed by atoms with Crippen LogP contribution in [-0.4, -0.2) is 41.9 Å². The molecule has 39 heavy (non-hydrogen) atoms. The van der Waals surface area contributed by atoms with Crippen LogP contribution in [0.25, 0.3) is 0 Å². The van der Waals surface area contributed by atoms with E-state index in [1.54, 1.807) is 55.5 Å². The van der Waals surface area contributed by atoms with Crippen molar-refractivity contribution in [3.8, 4) is 0 Å². The number of amides is 2. The summed E-state index contributed by atoms with van der Waals surface area (Å²) in [6.45, 7) is 2.68. The van der Waals surface area contributed by atoms with E-state index in [0.29, 0.717) is 22.4 Å². The third kappa shape index (κ3) is 3.71. The van der Waals surface area contributed by atoms with Crippen molar-refractivity contribution in [2.45, 2.75) is 44.1 Å². The lowest BCUT2D eigenvalue weighted by molar-refractivity contribution is -0.384. The van der Waals surface area contributed by atoms with Crippen LogP contribution in [0.3, 0.4) is 0 Å². The lowest BCUT2D eigenvalue weighted by atomic mass is 9.61. The van der Waals surface area contributed by atoms with Crippen LogP contribution in [0.1, 0.15) is 58.0 Å². The second-order valence-corrected chi connectivity index (χ2v) is 10.2. The number of piperidine rings is 1. The van der Waals surface area contributed by atoms with Crippen LogP contribution in [0.5, 0.6) is 0 Å². The fraction of sp³-hybridized carbons (Fsp3) is 0.300. The Kier molecular flexibility index (Phi) is 5.94. The molecule has 0 N–H and O–H groups in total.